The van der Waals surface area contributed by atoms with Gasteiger partial charge in [-0.25, -0.2) is 0 Å². The maximum absolute atomic E-state index is 12.3. The number of ether oxygens (including phenoxy) is 1. The molecule has 0 aromatic rings. The molecule has 94 valence electrons. The van der Waals surface area contributed by atoms with E-state index in [4.69, 9.17) is 10.5 Å². The molecule has 2 N–H and O–H groups in total. The van der Waals surface area contributed by atoms with Gasteiger partial charge in [-0.3, -0.25) is 4.79 Å². The summed E-state index contributed by atoms with van der Waals surface area (Å²) in [6.07, 6.45) is 1.57. The van der Waals surface area contributed by atoms with Gasteiger partial charge in [0.2, 0.25) is 5.91 Å². The quantitative estimate of drug-likeness (QED) is 0.788. The first-order valence-electron chi connectivity index (χ1n) is 6.16. The molecule has 0 bridgehead atoms. The number of rotatable bonds is 3. The maximum atomic E-state index is 12.3. The lowest BCUT2D eigenvalue weighted by Gasteiger charge is -2.39. The minimum absolute atomic E-state index is 0.0690. The van der Waals surface area contributed by atoms with Crippen LogP contribution >= 0.6 is 0 Å². The topological polar surface area (TPSA) is 55.6 Å². The predicted octanol–water partition coefficient (Wildman–Crippen LogP) is 1.14. The van der Waals surface area contributed by atoms with Crippen LogP contribution in [-0.2, 0) is 9.53 Å². The molecular weight excluding hydrogens is 204 g/mol. The smallest absolute Gasteiger partial charge is 0.242 e. The zero-order valence-corrected chi connectivity index (χ0v) is 10.8. The number of nitrogens with zero attached hydrogens (tertiary/aromatic N) is 1. The summed E-state index contributed by atoms with van der Waals surface area (Å²) in [6.45, 7) is 9.23. The van der Waals surface area contributed by atoms with Gasteiger partial charge in [0.1, 0.15) is 0 Å². The van der Waals surface area contributed by atoms with Crippen LogP contribution in [0.1, 0.15) is 40.5 Å². The maximum Gasteiger partial charge on any atom is 0.242 e. The molecule has 1 aliphatic heterocycles. The molecule has 1 rings (SSSR count). The van der Waals surface area contributed by atoms with Gasteiger partial charge >= 0.3 is 0 Å². The van der Waals surface area contributed by atoms with Gasteiger partial charge in [0.05, 0.1) is 17.7 Å². The van der Waals surface area contributed by atoms with Crippen molar-refractivity contribution < 1.29 is 9.53 Å². The molecule has 0 aromatic carbocycles. The van der Waals surface area contributed by atoms with E-state index in [2.05, 4.69) is 0 Å². The van der Waals surface area contributed by atoms with Gasteiger partial charge < -0.3 is 15.4 Å². The second kappa shape index (κ2) is 5.15. The van der Waals surface area contributed by atoms with Crippen LogP contribution in [-0.4, -0.2) is 41.6 Å². The van der Waals surface area contributed by atoms with Crippen molar-refractivity contribution >= 4 is 5.91 Å². The van der Waals surface area contributed by atoms with Crippen molar-refractivity contribution in [2.24, 2.45) is 5.73 Å². The van der Waals surface area contributed by atoms with Crippen molar-refractivity contribution in [3.05, 3.63) is 0 Å². The largest absolute Gasteiger partial charge is 0.372 e. The standard InChI is InChI=1S/C12H24N2O2/c1-5-12(13,6-2)11(15)14-7-9(3)16-10(4)8-14/h9-10H,5-8,13H2,1-4H3. The van der Waals surface area contributed by atoms with Crippen LogP contribution < -0.4 is 5.73 Å². The third-order valence-electron chi connectivity index (χ3n) is 3.39. The highest BCUT2D eigenvalue weighted by atomic mass is 16.5. The third-order valence-corrected chi connectivity index (χ3v) is 3.39. The zero-order valence-electron chi connectivity index (χ0n) is 10.8. The Morgan fingerprint density at radius 1 is 1.31 bits per heavy atom. The molecule has 1 saturated heterocycles. The summed E-state index contributed by atoms with van der Waals surface area (Å²) in [5.74, 6) is 0.0690. The van der Waals surface area contributed by atoms with Crippen molar-refractivity contribution in [1.29, 1.82) is 0 Å². The number of amides is 1. The molecule has 2 unspecified atom stereocenters. The number of carbonyl (C=O) groups excluding carboxylic acids is 1. The summed E-state index contributed by atoms with van der Waals surface area (Å²) in [5, 5.41) is 0. The van der Waals surface area contributed by atoms with E-state index in [0.717, 1.165) is 0 Å². The number of nitrogens with two attached hydrogens (primary N) is 1. The van der Waals surface area contributed by atoms with Crippen LogP contribution in [0.15, 0.2) is 0 Å². The molecule has 2 atom stereocenters. The molecule has 1 heterocycles. The van der Waals surface area contributed by atoms with Gasteiger partial charge in [0.15, 0.2) is 0 Å². The van der Waals surface area contributed by atoms with Crippen molar-refractivity contribution in [3.8, 4) is 0 Å². The number of hydrogen-bond donors (Lipinski definition) is 1. The molecule has 1 fully saturated rings. The van der Waals surface area contributed by atoms with Crippen molar-refractivity contribution in [2.75, 3.05) is 13.1 Å². The Bertz CT molecular complexity index is 241. The highest BCUT2D eigenvalue weighted by Gasteiger charge is 2.36. The van der Waals surface area contributed by atoms with E-state index in [1.807, 2.05) is 32.6 Å². The van der Waals surface area contributed by atoms with E-state index in [-0.39, 0.29) is 18.1 Å². The summed E-state index contributed by atoms with van der Waals surface area (Å²) in [6, 6.07) is 0. The lowest BCUT2D eigenvalue weighted by molar-refractivity contribution is -0.149. The van der Waals surface area contributed by atoms with E-state index in [1.165, 1.54) is 0 Å². The van der Waals surface area contributed by atoms with E-state index in [0.29, 0.717) is 25.9 Å². The highest BCUT2D eigenvalue weighted by molar-refractivity contribution is 5.86. The number of hydrogen-bond acceptors (Lipinski definition) is 3. The highest BCUT2D eigenvalue weighted by Crippen LogP contribution is 2.19. The molecular formula is C12H24N2O2. The fourth-order valence-corrected chi connectivity index (χ4v) is 2.21. The molecule has 0 aromatic heterocycles. The van der Waals surface area contributed by atoms with E-state index in [1.54, 1.807) is 0 Å². The van der Waals surface area contributed by atoms with Crippen LogP contribution in [0.2, 0.25) is 0 Å². The van der Waals surface area contributed by atoms with Crippen LogP contribution in [0.3, 0.4) is 0 Å². The van der Waals surface area contributed by atoms with Gasteiger partial charge in [-0.1, -0.05) is 13.8 Å². The second-order valence-corrected chi connectivity index (χ2v) is 4.83. The van der Waals surface area contributed by atoms with Gasteiger partial charge in [0, 0.05) is 13.1 Å². The van der Waals surface area contributed by atoms with Gasteiger partial charge in [-0.15, -0.1) is 0 Å². The average Bonchev–Trinajstić information content (AvgIpc) is 2.25. The Balaban J connectivity index is 2.73. The fraction of sp³-hybridized carbons (Fsp3) is 0.917. The molecule has 1 aliphatic rings. The average molecular weight is 228 g/mol. The van der Waals surface area contributed by atoms with Crippen molar-refractivity contribution in [1.82, 2.24) is 4.90 Å². The summed E-state index contributed by atoms with van der Waals surface area (Å²) in [4.78, 5) is 14.2. The summed E-state index contributed by atoms with van der Waals surface area (Å²) >= 11 is 0. The minimum Gasteiger partial charge on any atom is -0.372 e. The monoisotopic (exact) mass is 228 g/mol. The fourth-order valence-electron chi connectivity index (χ4n) is 2.21. The Labute approximate surface area is 98.1 Å². The predicted molar refractivity (Wildman–Crippen MR) is 64.1 cm³/mol. The van der Waals surface area contributed by atoms with E-state index in [9.17, 15) is 4.79 Å². The molecule has 4 heteroatoms. The lowest BCUT2D eigenvalue weighted by Crippen LogP contribution is -2.59. The summed E-state index contributed by atoms with van der Waals surface area (Å²) < 4.78 is 5.61. The molecule has 0 radical (unpaired) electrons. The van der Waals surface area contributed by atoms with Crippen LogP contribution in [0.4, 0.5) is 0 Å². The first-order chi connectivity index (χ1) is 7.42. The Morgan fingerprint density at radius 3 is 2.12 bits per heavy atom. The van der Waals surface area contributed by atoms with Crippen molar-refractivity contribution in [3.63, 3.8) is 0 Å². The Kier molecular flexibility index (Phi) is 4.33. The van der Waals surface area contributed by atoms with Gasteiger partial charge in [0.25, 0.3) is 0 Å². The SMILES string of the molecule is CCC(N)(CC)C(=O)N1CC(C)OC(C)C1. The first-order valence-corrected chi connectivity index (χ1v) is 6.16. The Morgan fingerprint density at radius 2 is 1.75 bits per heavy atom. The number of morpholine rings is 1. The second-order valence-electron chi connectivity index (χ2n) is 4.83. The van der Waals surface area contributed by atoms with Crippen LogP contribution in [0, 0.1) is 0 Å². The summed E-state index contributed by atoms with van der Waals surface area (Å²) in [7, 11) is 0. The molecule has 16 heavy (non-hydrogen) atoms. The Hall–Kier alpha value is -0.610. The van der Waals surface area contributed by atoms with Gasteiger partial charge in [-0.2, -0.15) is 0 Å². The lowest BCUT2D eigenvalue weighted by atomic mass is 9.92. The van der Waals surface area contributed by atoms with E-state index < -0.39 is 5.54 Å². The third kappa shape index (κ3) is 2.74. The van der Waals surface area contributed by atoms with E-state index >= 15 is 0 Å². The first kappa shape index (κ1) is 13.5. The summed E-state index contributed by atoms with van der Waals surface area (Å²) in [5.41, 5.74) is 5.43. The molecule has 1 amide bonds. The number of carbonyl (C=O) groups is 1. The normalized spacial score (nSPS) is 26.9. The van der Waals surface area contributed by atoms with Crippen LogP contribution in [0.25, 0.3) is 0 Å². The molecule has 0 aliphatic carbocycles. The van der Waals surface area contributed by atoms with Crippen LogP contribution in [0.5, 0.6) is 0 Å². The molecule has 0 spiro atoms. The zero-order chi connectivity index (χ0) is 12.3. The van der Waals surface area contributed by atoms with Gasteiger partial charge in [-0.05, 0) is 26.7 Å². The minimum atomic E-state index is -0.698. The molecule has 0 saturated carbocycles. The van der Waals surface area contributed by atoms with Crippen molar-refractivity contribution in [2.45, 2.75) is 58.3 Å². The molecule has 4 nitrogen and oxygen atoms in total.